The second kappa shape index (κ2) is 8.76. The molecular formula is C26H19N5O2. The van der Waals surface area contributed by atoms with Gasteiger partial charge in [-0.05, 0) is 47.2 Å². The molecule has 0 bridgehead atoms. The van der Waals surface area contributed by atoms with Crippen molar-refractivity contribution in [1.82, 2.24) is 14.8 Å². The van der Waals surface area contributed by atoms with Crippen LogP contribution < -0.4 is 10.6 Å². The van der Waals surface area contributed by atoms with Crippen LogP contribution in [0.5, 0.6) is 0 Å². The van der Waals surface area contributed by atoms with E-state index >= 15 is 0 Å². The van der Waals surface area contributed by atoms with Crippen molar-refractivity contribution in [2.75, 3.05) is 10.6 Å². The molecule has 1 heterocycles. The van der Waals surface area contributed by atoms with Crippen LogP contribution >= 0.6 is 0 Å². The standard InChI is InChI=1S/C26H19N5O2/c32-23(19-10-3-1-4-11-19)27-25-29-26(31(30-25)22-13-5-2-6-14-22)28-24(33)21-16-15-18-9-7-8-12-20(18)17-21/h1-17H,(H2,27,28,29,30,32,33). The largest absolute Gasteiger partial charge is 0.290 e. The first-order valence-corrected chi connectivity index (χ1v) is 10.4. The smallest absolute Gasteiger partial charge is 0.258 e. The zero-order chi connectivity index (χ0) is 22.6. The van der Waals surface area contributed by atoms with Crippen LogP contribution in [-0.4, -0.2) is 26.6 Å². The van der Waals surface area contributed by atoms with E-state index < -0.39 is 0 Å². The Bertz CT molecular complexity index is 1450. The Morgan fingerprint density at radius 2 is 1.27 bits per heavy atom. The summed E-state index contributed by atoms with van der Waals surface area (Å²) in [4.78, 5) is 29.9. The number of carbonyl (C=O) groups is 2. The van der Waals surface area contributed by atoms with E-state index in [9.17, 15) is 9.59 Å². The van der Waals surface area contributed by atoms with Crippen molar-refractivity contribution in [2.24, 2.45) is 0 Å². The second-order valence-electron chi connectivity index (χ2n) is 7.34. The molecule has 0 atom stereocenters. The van der Waals surface area contributed by atoms with Crippen molar-refractivity contribution in [3.05, 3.63) is 114 Å². The van der Waals surface area contributed by atoms with E-state index in [-0.39, 0.29) is 23.7 Å². The zero-order valence-corrected chi connectivity index (χ0v) is 17.5. The van der Waals surface area contributed by atoms with E-state index in [1.807, 2.05) is 72.8 Å². The number of anilines is 2. The second-order valence-corrected chi connectivity index (χ2v) is 7.34. The normalized spacial score (nSPS) is 10.7. The topological polar surface area (TPSA) is 88.9 Å². The molecule has 2 N–H and O–H groups in total. The Morgan fingerprint density at radius 3 is 2.03 bits per heavy atom. The molecule has 7 nitrogen and oxygen atoms in total. The van der Waals surface area contributed by atoms with Crippen molar-refractivity contribution < 1.29 is 9.59 Å². The fourth-order valence-electron chi connectivity index (χ4n) is 3.46. The molecule has 0 radical (unpaired) electrons. The van der Waals surface area contributed by atoms with Crippen molar-refractivity contribution in [2.45, 2.75) is 0 Å². The van der Waals surface area contributed by atoms with Crippen LogP contribution in [0.3, 0.4) is 0 Å². The number of para-hydroxylation sites is 1. The monoisotopic (exact) mass is 433 g/mol. The Morgan fingerprint density at radius 1 is 0.636 bits per heavy atom. The number of rotatable bonds is 5. The van der Waals surface area contributed by atoms with Gasteiger partial charge < -0.3 is 0 Å². The lowest BCUT2D eigenvalue weighted by Crippen LogP contribution is -2.16. The van der Waals surface area contributed by atoms with Crippen LogP contribution in [0.1, 0.15) is 20.7 Å². The summed E-state index contributed by atoms with van der Waals surface area (Å²) >= 11 is 0. The third-order valence-corrected chi connectivity index (χ3v) is 5.11. The molecule has 0 aliphatic carbocycles. The van der Waals surface area contributed by atoms with Gasteiger partial charge in [0.2, 0.25) is 5.95 Å². The van der Waals surface area contributed by atoms with Crippen LogP contribution in [0.2, 0.25) is 0 Å². The summed E-state index contributed by atoms with van der Waals surface area (Å²) in [6, 6.07) is 31.4. The maximum Gasteiger partial charge on any atom is 0.258 e. The van der Waals surface area contributed by atoms with Crippen molar-refractivity contribution in [3.63, 3.8) is 0 Å². The predicted molar refractivity (Wildman–Crippen MR) is 128 cm³/mol. The van der Waals surface area contributed by atoms with Gasteiger partial charge in [0.15, 0.2) is 0 Å². The minimum absolute atomic E-state index is 0.0847. The highest BCUT2D eigenvalue weighted by Crippen LogP contribution is 2.20. The van der Waals surface area contributed by atoms with Crippen LogP contribution in [0.25, 0.3) is 16.5 Å². The van der Waals surface area contributed by atoms with Gasteiger partial charge in [-0.2, -0.15) is 9.67 Å². The Hall–Kier alpha value is -4.78. The first kappa shape index (κ1) is 20.1. The molecule has 5 aromatic rings. The molecule has 160 valence electrons. The van der Waals surface area contributed by atoms with Crippen LogP contribution in [0.15, 0.2) is 103 Å². The van der Waals surface area contributed by atoms with Gasteiger partial charge in [0.25, 0.3) is 17.8 Å². The molecule has 2 amide bonds. The molecule has 0 unspecified atom stereocenters. The van der Waals surface area contributed by atoms with E-state index in [0.717, 1.165) is 10.8 Å². The van der Waals surface area contributed by atoms with Gasteiger partial charge in [-0.3, -0.25) is 20.2 Å². The molecule has 7 heteroatoms. The molecule has 4 aromatic carbocycles. The lowest BCUT2D eigenvalue weighted by Gasteiger charge is -2.08. The lowest BCUT2D eigenvalue weighted by molar-refractivity contribution is 0.101. The van der Waals surface area contributed by atoms with Crippen LogP contribution in [-0.2, 0) is 0 Å². The average Bonchev–Trinajstić information content (AvgIpc) is 3.26. The predicted octanol–water partition coefficient (Wildman–Crippen LogP) is 4.93. The molecule has 0 saturated heterocycles. The van der Waals surface area contributed by atoms with Crippen LogP contribution in [0.4, 0.5) is 11.9 Å². The Balaban J connectivity index is 1.46. The maximum atomic E-state index is 13.0. The van der Waals surface area contributed by atoms with Gasteiger partial charge in [0, 0.05) is 11.1 Å². The molecule has 0 aliphatic heterocycles. The number of aromatic nitrogens is 3. The lowest BCUT2D eigenvalue weighted by atomic mass is 10.1. The summed E-state index contributed by atoms with van der Waals surface area (Å²) in [7, 11) is 0. The number of nitrogens with zero attached hydrogens (tertiary/aromatic N) is 3. The van der Waals surface area contributed by atoms with Crippen molar-refractivity contribution in [3.8, 4) is 5.69 Å². The zero-order valence-electron chi connectivity index (χ0n) is 17.5. The van der Waals surface area contributed by atoms with E-state index in [2.05, 4.69) is 20.7 Å². The first-order valence-electron chi connectivity index (χ1n) is 10.4. The maximum absolute atomic E-state index is 13.0. The summed E-state index contributed by atoms with van der Waals surface area (Å²) in [5.41, 5.74) is 1.67. The van der Waals surface area contributed by atoms with E-state index in [1.54, 1.807) is 30.3 Å². The highest BCUT2D eigenvalue weighted by atomic mass is 16.2. The fourth-order valence-corrected chi connectivity index (χ4v) is 3.46. The Kier molecular flexibility index (Phi) is 5.35. The first-order chi connectivity index (χ1) is 16.2. The van der Waals surface area contributed by atoms with Crippen LogP contribution in [0, 0.1) is 0 Å². The third-order valence-electron chi connectivity index (χ3n) is 5.11. The number of hydrogen-bond acceptors (Lipinski definition) is 4. The molecule has 5 rings (SSSR count). The van der Waals surface area contributed by atoms with Gasteiger partial charge in [0.05, 0.1) is 5.69 Å². The van der Waals surface area contributed by atoms with Gasteiger partial charge in [-0.1, -0.05) is 66.7 Å². The molecule has 0 saturated carbocycles. The highest BCUT2D eigenvalue weighted by Gasteiger charge is 2.17. The molecule has 0 fully saturated rings. The summed E-state index contributed by atoms with van der Waals surface area (Å²) in [5, 5.41) is 11.9. The van der Waals surface area contributed by atoms with E-state index in [1.165, 1.54) is 4.68 Å². The molecule has 0 aliphatic rings. The van der Waals surface area contributed by atoms with Crippen molar-refractivity contribution >= 4 is 34.5 Å². The summed E-state index contributed by atoms with van der Waals surface area (Å²) in [6.07, 6.45) is 0. The number of nitrogens with one attached hydrogen (secondary N) is 2. The fraction of sp³-hybridized carbons (Fsp3) is 0. The van der Waals surface area contributed by atoms with Gasteiger partial charge in [-0.15, -0.1) is 5.10 Å². The molecule has 0 spiro atoms. The number of hydrogen-bond donors (Lipinski definition) is 2. The summed E-state index contributed by atoms with van der Waals surface area (Å²) in [5.74, 6) is -0.385. The minimum Gasteiger partial charge on any atom is -0.290 e. The number of fused-ring (bicyclic) bond motifs is 1. The number of amides is 2. The quantitative estimate of drug-likeness (QED) is 0.412. The van der Waals surface area contributed by atoms with E-state index in [0.29, 0.717) is 16.8 Å². The third kappa shape index (κ3) is 4.33. The van der Waals surface area contributed by atoms with E-state index in [4.69, 9.17) is 0 Å². The molecule has 33 heavy (non-hydrogen) atoms. The molecular weight excluding hydrogens is 414 g/mol. The highest BCUT2D eigenvalue weighted by molar-refractivity contribution is 6.06. The minimum atomic E-state index is -0.340. The van der Waals surface area contributed by atoms with Gasteiger partial charge in [-0.25, -0.2) is 0 Å². The summed E-state index contributed by atoms with van der Waals surface area (Å²) in [6.45, 7) is 0. The van der Waals surface area contributed by atoms with Gasteiger partial charge >= 0.3 is 0 Å². The number of benzene rings is 4. The molecule has 1 aromatic heterocycles. The van der Waals surface area contributed by atoms with Gasteiger partial charge in [0.1, 0.15) is 0 Å². The summed E-state index contributed by atoms with van der Waals surface area (Å²) < 4.78 is 1.49. The SMILES string of the molecule is O=C(Nc1nc(NC(=O)c2ccc3ccccc3c2)n(-c2ccccc2)n1)c1ccccc1. The van der Waals surface area contributed by atoms with Crippen molar-refractivity contribution in [1.29, 1.82) is 0 Å². The Labute approximate surface area is 189 Å². The average molecular weight is 433 g/mol. The number of carbonyl (C=O) groups excluding carboxylic acids is 2.